The van der Waals surface area contributed by atoms with Crippen LogP contribution in [0.1, 0.15) is 0 Å². The lowest BCUT2D eigenvalue weighted by atomic mass is 10.1. The first-order valence-corrected chi connectivity index (χ1v) is 5.10. The van der Waals surface area contributed by atoms with Crippen molar-refractivity contribution in [2.75, 3.05) is 0 Å². The van der Waals surface area contributed by atoms with Crippen LogP contribution in [0, 0.1) is 0 Å². The second-order valence-electron chi connectivity index (χ2n) is 3.80. The molecular weight excluding hydrogens is 200 g/mol. The quantitative estimate of drug-likeness (QED) is 0.532. The molecule has 3 heteroatoms. The van der Waals surface area contributed by atoms with Crippen LogP contribution in [-0.2, 0) is 7.05 Å². The van der Waals surface area contributed by atoms with Gasteiger partial charge >= 0.3 is 0 Å². The van der Waals surface area contributed by atoms with Crippen molar-refractivity contribution in [1.82, 2.24) is 9.55 Å². The van der Waals surface area contributed by atoms with Crippen LogP contribution in [0.4, 0.5) is 0 Å². The van der Waals surface area contributed by atoms with Crippen molar-refractivity contribution in [2.24, 2.45) is 7.05 Å². The molecule has 0 spiro atoms. The van der Waals surface area contributed by atoms with E-state index in [1.54, 1.807) is 24.0 Å². The number of hydrogen-bond donors (Lipinski definition) is 0. The first kappa shape index (κ1) is 9.09. The maximum Gasteiger partial charge on any atom is 0.258 e. The van der Waals surface area contributed by atoms with Gasteiger partial charge in [0.2, 0.25) is 0 Å². The summed E-state index contributed by atoms with van der Waals surface area (Å²) in [6, 6.07) is 9.49. The molecule has 16 heavy (non-hydrogen) atoms. The molecule has 78 valence electrons. The molecule has 3 aromatic rings. The molecule has 2 aromatic heterocycles. The highest BCUT2D eigenvalue weighted by molar-refractivity contribution is 6.04. The minimum atomic E-state index is 0.0364. The van der Waals surface area contributed by atoms with Crippen LogP contribution in [0.5, 0.6) is 0 Å². The number of pyridine rings is 2. The van der Waals surface area contributed by atoms with Gasteiger partial charge in [-0.2, -0.15) is 0 Å². The number of aryl methyl sites for hydroxylation is 1. The van der Waals surface area contributed by atoms with Crippen LogP contribution in [0.15, 0.2) is 47.5 Å². The van der Waals surface area contributed by atoms with Gasteiger partial charge in [0.15, 0.2) is 0 Å². The highest BCUT2D eigenvalue weighted by atomic mass is 16.1. The Hall–Kier alpha value is -2.16. The Morgan fingerprint density at radius 2 is 1.81 bits per heavy atom. The van der Waals surface area contributed by atoms with Crippen LogP contribution in [0.3, 0.4) is 0 Å². The lowest BCUT2D eigenvalue weighted by molar-refractivity contribution is 0.917. The van der Waals surface area contributed by atoms with E-state index in [-0.39, 0.29) is 5.56 Å². The van der Waals surface area contributed by atoms with E-state index in [1.807, 2.05) is 30.3 Å². The summed E-state index contributed by atoms with van der Waals surface area (Å²) in [5.41, 5.74) is 0.952. The molecule has 2 heterocycles. The summed E-state index contributed by atoms with van der Waals surface area (Å²) < 4.78 is 1.67. The molecule has 3 rings (SSSR count). The van der Waals surface area contributed by atoms with Gasteiger partial charge in [0.1, 0.15) is 0 Å². The lowest BCUT2D eigenvalue weighted by Gasteiger charge is -2.07. The highest BCUT2D eigenvalue weighted by Crippen LogP contribution is 2.20. The Bertz CT molecular complexity index is 744. The minimum absolute atomic E-state index is 0.0364. The monoisotopic (exact) mass is 210 g/mol. The van der Waals surface area contributed by atoms with Gasteiger partial charge in [-0.05, 0) is 17.5 Å². The lowest BCUT2D eigenvalue weighted by Crippen LogP contribution is -2.17. The number of hydrogen-bond acceptors (Lipinski definition) is 2. The fraction of sp³-hybridized carbons (Fsp3) is 0.0769. The third-order valence-electron chi connectivity index (χ3n) is 2.91. The van der Waals surface area contributed by atoms with Gasteiger partial charge < -0.3 is 4.57 Å². The van der Waals surface area contributed by atoms with Crippen LogP contribution in [-0.4, -0.2) is 9.55 Å². The van der Waals surface area contributed by atoms with Crippen LogP contribution < -0.4 is 5.56 Å². The van der Waals surface area contributed by atoms with E-state index in [9.17, 15) is 4.79 Å². The van der Waals surface area contributed by atoms with Gasteiger partial charge in [-0.25, -0.2) is 0 Å². The summed E-state index contributed by atoms with van der Waals surface area (Å²) in [5.74, 6) is 0. The van der Waals surface area contributed by atoms with Gasteiger partial charge in [0, 0.05) is 30.2 Å². The zero-order valence-electron chi connectivity index (χ0n) is 8.84. The second kappa shape index (κ2) is 3.17. The van der Waals surface area contributed by atoms with Crippen molar-refractivity contribution < 1.29 is 0 Å². The standard InChI is InChI=1S/C13H10N2O/c1-15-12-6-7-14-8-11(12)9-4-2-3-5-10(9)13(15)16/h2-8H,1H3. The van der Waals surface area contributed by atoms with E-state index in [4.69, 9.17) is 0 Å². The van der Waals surface area contributed by atoms with Gasteiger partial charge in [-0.3, -0.25) is 9.78 Å². The van der Waals surface area contributed by atoms with E-state index in [0.29, 0.717) is 0 Å². The molecule has 0 fully saturated rings. The molecule has 0 aliphatic heterocycles. The average Bonchev–Trinajstić information content (AvgIpc) is 2.36. The molecule has 0 unspecified atom stereocenters. The first-order chi connectivity index (χ1) is 7.79. The fourth-order valence-corrected chi connectivity index (χ4v) is 2.08. The van der Waals surface area contributed by atoms with Gasteiger partial charge in [0.05, 0.1) is 5.52 Å². The van der Waals surface area contributed by atoms with Gasteiger partial charge in [0.25, 0.3) is 5.56 Å². The van der Waals surface area contributed by atoms with E-state index in [0.717, 1.165) is 21.7 Å². The molecule has 0 atom stereocenters. The number of nitrogens with zero attached hydrogens (tertiary/aromatic N) is 2. The molecular formula is C13H10N2O. The molecule has 3 nitrogen and oxygen atoms in total. The predicted molar refractivity (Wildman–Crippen MR) is 64.5 cm³/mol. The highest BCUT2D eigenvalue weighted by Gasteiger charge is 2.06. The van der Waals surface area contributed by atoms with Gasteiger partial charge in [-0.1, -0.05) is 18.2 Å². The normalized spacial score (nSPS) is 11.1. The first-order valence-electron chi connectivity index (χ1n) is 5.10. The molecule has 0 aliphatic carbocycles. The Morgan fingerprint density at radius 1 is 1.06 bits per heavy atom. The SMILES string of the molecule is Cn1c(=O)c2ccccc2c2cnccc21. The van der Waals surface area contributed by atoms with E-state index in [1.165, 1.54) is 0 Å². The van der Waals surface area contributed by atoms with E-state index >= 15 is 0 Å². The Morgan fingerprint density at radius 3 is 2.62 bits per heavy atom. The number of rotatable bonds is 0. The molecule has 0 radical (unpaired) electrons. The van der Waals surface area contributed by atoms with Crippen molar-refractivity contribution in [1.29, 1.82) is 0 Å². The summed E-state index contributed by atoms with van der Waals surface area (Å²) in [7, 11) is 1.79. The van der Waals surface area contributed by atoms with Gasteiger partial charge in [-0.15, -0.1) is 0 Å². The molecule has 1 aromatic carbocycles. The predicted octanol–water partition coefficient (Wildman–Crippen LogP) is 2.09. The zero-order valence-corrected chi connectivity index (χ0v) is 8.84. The van der Waals surface area contributed by atoms with Crippen molar-refractivity contribution in [3.05, 3.63) is 53.1 Å². The molecule has 0 aliphatic rings. The van der Waals surface area contributed by atoms with Crippen LogP contribution >= 0.6 is 0 Å². The molecule has 0 bridgehead atoms. The molecule has 0 saturated carbocycles. The van der Waals surface area contributed by atoms with Crippen molar-refractivity contribution in [3.63, 3.8) is 0 Å². The number of fused-ring (bicyclic) bond motifs is 3. The van der Waals surface area contributed by atoms with E-state index < -0.39 is 0 Å². The fourth-order valence-electron chi connectivity index (χ4n) is 2.08. The van der Waals surface area contributed by atoms with Crippen LogP contribution in [0.2, 0.25) is 0 Å². The van der Waals surface area contributed by atoms with Crippen LogP contribution in [0.25, 0.3) is 21.7 Å². The third kappa shape index (κ3) is 1.08. The summed E-state index contributed by atoms with van der Waals surface area (Å²) >= 11 is 0. The Kier molecular flexibility index (Phi) is 1.80. The maximum absolute atomic E-state index is 12.1. The Balaban J connectivity index is 2.74. The van der Waals surface area contributed by atoms with E-state index in [2.05, 4.69) is 4.98 Å². The summed E-state index contributed by atoms with van der Waals surface area (Å²) in [4.78, 5) is 16.2. The maximum atomic E-state index is 12.1. The second-order valence-corrected chi connectivity index (χ2v) is 3.80. The summed E-state index contributed by atoms with van der Waals surface area (Å²) in [5, 5.41) is 2.72. The number of benzene rings is 1. The number of aromatic nitrogens is 2. The smallest absolute Gasteiger partial charge is 0.258 e. The Labute approximate surface area is 92.0 Å². The average molecular weight is 210 g/mol. The molecule has 0 saturated heterocycles. The van der Waals surface area contributed by atoms with Crippen molar-refractivity contribution >= 4 is 21.7 Å². The van der Waals surface area contributed by atoms with Crippen molar-refractivity contribution in [2.45, 2.75) is 0 Å². The topological polar surface area (TPSA) is 34.9 Å². The minimum Gasteiger partial charge on any atom is -0.311 e. The zero-order chi connectivity index (χ0) is 11.1. The molecule has 0 N–H and O–H groups in total. The largest absolute Gasteiger partial charge is 0.311 e. The molecule has 0 amide bonds. The summed E-state index contributed by atoms with van der Waals surface area (Å²) in [6.07, 6.45) is 3.51. The third-order valence-corrected chi connectivity index (χ3v) is 2.91. The van der Waals surface area contributed by atoms with Crippen molar-refractivity contribution in [3.8, 4) is 0 Å². The summed E-state index contributed by atoms with van der Waals surface area (Å²) in [6.45, 7) is 0.